The van der Waals surface area contributed by atoms with Gasteiger partial charge in [0.2, 0.25) is 5.91 Å². The number of aromatic nitrogens is 2. The highest BCUT2D eigenvalue weighted by atomic mass is 16.2. The van der Waals surface area contributed by atoms with E-state index in [0.29, 0.717) is 10.8 Å². The van der Waals surface area contributed by atoms with E-state index >= 15 is 0 Å². The molecule has 126 valence electrons. The van der Waals surface area contributed by atoms with Gasteiger partial charge in [-0.1, -0.05) is 24.6 Å². The van der Waals surface area contributed by atoms with Crippen molar-refractivity contribution < 1.29 is 9.59 Å². The van der Waals surface area contributed by atoms with Gasteiger partial charge in [0.25, 0.3) is 11.5 Å². The lowest BCUT2D eigenvalue weighted by molar-refractivity contribution is -0.128. The van der Waals surface area contributed by atoms with Crippen molar-refractivity contribution in [2.24, 2.45) is 5.92 Å². The van der Waals surface area contributed by atoms with Crippen LogP contribution >= 0.6 is 0 Å². The van der Waals surface area contributed by atoms with E-state index in [1.165, 1.54) is 4.68 Å². The largest absolute Gasteiger partial charge is 0.290 e. The van der Waals surface area contributed by atoms with Crippen LogP contribution in [-0.2, 0) is 4.79 Å². The Kier molecular flexibility index (Phi) is 4.33. The second-order valence-corrected chi connectivity index (χ2v) is 6.31. The summed E-state index contributed by atoms with van der Waals surface area (Å²) in [5, 5.41) is 5.09. The highest BCUT2D eigenvalue weighted by Gasteiger charge is 2.26. The average molecular weight is 328 g/mol. The van der Waals surface area contributed by atoms with Gasteiger partial charge in [0.1, 0.15) is 0 Å². The number of hydrazine groups is 1. The molecule has 7 heteroatoms. The molecule has 0 radical (unpaired) electrons. The van der Waals surface area contributed by atoms with Crippen LogP contribution in [0.25, 0.3) is 10.8 Å². The second-order valence-electron chi connectivity index (χ2n) is 6.31. The van der Waals surface area contributed by atoms with E-state index in [1.54, 1.807) is 24.3 Å². The summed E-state index contributed by atoms with van der Waals surface area (Å²) in [6, 6.07) is 6.65. The average Bonchev–Trinajstić information content (AvgIpc) is 2.51. The van der Waals surface area contributed by atoms with Gasteiger partial charge < -0.3 is 0 Å². The van der Waals surface area contributed by atoms with Crippen LogP contribution in [0.15, 0.2) is 29.1 Å². The number of rotatable bonds is 3. The van der Waals surface area contributed by atoms with Crippen LogP contribution in [0.2, 0.25) is 0 Å². The Labute approximate surface area is 139 Å². The van der Waals surface area contributed by atoms with E-state index in [4.69, 9.17) is 0 Å². The molecule has 1 aliphatic rings. The van der Waals surface area contributed by atoms with Crippen LogP contribution in [0.5, 0.6) is 0 Å². The number of nitrogens with zero attached hydrogens (tertiary/aromatic N) is 2. The van der Waals surface area contributed by atoms with Gasteiger partial charge in [0, 0.05) is 11.3 Å². The standard InChI is InChI=1S/C17H20N4O3/c1-10(2)21-17(24)13-9-4-3-8-12(13)14(20-21)16(23)19-18-15(22)11-6-5-7-11/h3-4,8-11H,5-7H2,1-2H3,(H,18,22)(H,19,23). The van der Waals surface area contributed by atoms with Crippen LogP contribution in [0.4, 0.5) is 0 Å². The monoisotopic (exact) mass is 328 g/mol. The zero-order valence-corrected chi connectivity index (χ0v) is 13.7. The van der Waals surface area contributed by atoms with Crippen molar-refractivity contribution in [3.63, 3.8) is 0 Å². The summed E-state index contributed by atoms with van der Waals surface area (Å²) in [5.74, 6) is -0.746. The van der Waals surface area contributed by atoms with Gasteiger partial charge >= 0.3 is 0 Å². The molecule has 1 fully saturated rings. The Balaban J connectivity index is 1.92. The number of nitrogens with one attached hydrogen (secondary N) is 2. The molecule has 2 aromatic rings. The van der Waals surface area contributed by atoms with E-state index in [9.17, 15) is 14.4 Å². The minimum Gasteiger partial charge on any atom is -0.273 e. The van der Waals surface area contributed by atoms with Crippen LogP contribution in [0.1, 0.15) is 49.6 Å². The molecule has 2 N–H and O–H groups in total. The molecular weight excluding hydrogens is 308 g/mol. The van der Waals surface area contributed by atoms with Crippen molar-refractivity contribution in [2.45, 2.75) is 39.2 Å². The summed E-state index contributed by atoms with van der Waals surface area (Å²) in [6.45, 7) is 3.65. The van der Waals surface area contributed by atoms with Gasteiger partial charge in [-0.05, 0) is 32.8 Å². The first kappa shape index (κ1) is 16.2. The Morgan fingerprint density at radius 2 is 1.83 bits per heavy atom. The summed E-state index contributed by atoms with van der Waals surface area (Å²) in [6.07, 6.45) is 2.74. The molecule has 0 atom stereocenters. The molecule has 24 heavy (non-hydrogen) atoms. The van der Waals surface area contributed by atoms with Crippen LogP contribution < -0.4 is 16.4 Å². The molecule has 0 spiro atoms. The minimum absolute atomic E-state index is 0.0281. The van der Waals surface area contributed by atoms with Crippen molar-refractivity contribution in [1.29, 1.82) is 0 Å². The topological polar surface area (TPSA) is 93.1 Å². The first-order valence-electron chi connectivity index (χ1n) is 8.11. The highest BCUT2D eigenvalue weighted by Crippen LogP contribution is 2.25. The number of amides is 2. The zero-order chi connectivity index (χ0) is 17.3. The Bertz CT molecular complexity index is 853. The molecule has 0 unspecified atom stereocenters. The second kappa shape index (κ2) is 6.43. The number of benzene rings is 1. The summed E-state index contributed by atoms with van der Waals surface area (Å²) < 4.78 is 1.28. The number of carbonyl (C=O) groups is 2. The molecule has 1 aliphatic carbocycles. The van der Waals surface area contributed by atoms with Crippen molar-refractivity contribution >= 4 is 22.6 Å². The fourth-order valence-corrected chi connectivity index (χ4v) is 2.67. The van der Waals surface area contributed by atoms with E-state index < -0.39 is 5.91 Å². The van der Waals surface area contributed by atoms with Gasteiger partial charge in [-0.25, -0.2) is 4.68 Å². The van der Waals surface area contributed by atoms with E-state index in [1.807, 2.05) is 13.8 Å². The summed E-state index contributed by atoms with van der Waals surface area (Å²) in [7, 11) is 0. The molecule has 1 heterocycles. The van der Waals surface area contributed by atoms with Crippen LogP contribution in [-0.4, -0.2) is 21.6 Å². The maximum absolute atomic E-state index is 12.5. The molecule has 2 amide bonds. The SMILES string of the molecule is CC(C)n1nc(C(=O)NNC(=O)C2CCC2)c2ccccc2c1=O. The minimum atomic E-state index is -0.534. The van der Waals surface area contributed by atoms with E-state index in [2.05, 4.69) is 16.0 Å². The lowest BCUT2D eigenvalue weighted by Crippen LogP contribution is -2.46. The van der Waals surface area contributed by atoms with Crippen LogP contribution in [0.3, 0.4) is 0 Å². The summed E-state index contributed by atoms with van der Waals surface area (Å²) in [5.41, 5.74) is 4.73. The molecule has 1 aromatic carbocycles. The van der Waals surface area contributed by atoms with Crippen molar-refractivity contribution in [3.05, 3.63) is 40.3 Å². The molecule has 7 nitrogen and oxygen atoms in total. The Morgan fingerprint density at radius 3 is 2.42 bits per heavy atom. The lowest BCUT2D eigenvalue weighted by Gasteiger charge is -2.24. The summed E-state index contributed by atoms with van der Waals surface area (Å²) >= 11 is 0. The molecule has 1 aromatic heterocycles. The lowest BCUT2D eigenvalue weighted by atomic mass is 9.85. The highest BCUT2D eigenvalue weighted by molar-refractivity contribution is 6.05. The third-order valence-corrected chi connectivity index (χ3v) is 4.31. The van der Waals surface area contributed by atoms with Crippen molar-refractivity contribution in [2.75, 3.05) is 0 Å². The Morgan fingerprint density at radius 1 is 1.17 bits per heavy atom. The summed E-state index contributed by atoms with van der Waals surface area (Å²) in [4.78, 5) is 36.8. The van der Waals surface area contributed by atoms with E-state index in [-0.39, 0.29) is 29.1 Å². The van der Waals surface area contributed by atoms with Crippen LogP contribution in [0, 0.1) is 5.92 Å². The Hall–Kier alpha value is -2.70. The van der Waals surface area contributed by atoms with Gasteiger partial charge in [0.15, 0.2) is 5.69 Å². The van der Waals surface area contributed by atoms with Gasteiger partial charge in [-0.3, -0.25) is 25.2 Å². The predicted molar refractivity (Wildman–Crippen MR) is 89.3 cm³/mol. The maximum Gasteiger partial charge on any atom is 0.290 e. The van der Waals surface area contributed by atoms with Gasteiger partial charge in [-0.2, -0.15) is 5.10 Å². The molecule has 0 bridgehead atoms. The molecule has 3 rings (SSSR count). The molecule has 0 saturated heterocycles. The third-order valence-electron chi connectivity index (χ3n) is 4.31. The number of fused-ring (bicyclic) bond motifs is 1. The molecule has 0 aliphatic heterocycles. The quantitative estimate of drug-likeness (QED) is 0.836. The molecule has 1 saturated carbocycles. The number of carbonyl (C=O) groups excluding carboxylic acids is 2. The van der Waals surface area contributed by atoms with Gasteiger partial charge in [0.05, 0.1) is 11.4 Å². The van der Waals surface area contributed by atoms with E-state index in [0.717, 1.165) is 19.3 Å². The fourth-order valence-electron chi connectivity index (χ4n) is 2.67. The maximum atomic E-state index is 12.5. The van der Waals surface area contributed by atoms with Crippen molar-refractivity contribution in [3.8, 4) is 0 Å². The number of hydrogen-bond donors (Lipinski definition) is 2. The molecular formula is C17H20N4O3. The first-order chi connectivity index (χ1) is 11.5. The number of hydrogen-bond acceptors (Lipinski definition) is 4. The normalized spacial score (nSPS) is 14.5. The smallest absolute Gasteiger partial charge is 0.273 e. The zero-order valence-electron chi connectivity index (χ0n) is 13.7. The van der Waals surface area contributed by atoms with Crippen molar-refractivity contribution in [1.82, 2.24) is 20.6 Å². The van der Waals surface area contributed by atoms with Gasteiger partial charge in [-0.15, -0.1) is 0 Å². The predicted octanol–water partition coefficient (Wildman–Crippen LogP) is 1.54. The fraction of sp³-hybridized carbons (Fsp3) is 0.412. The third kappa shape index (κ3) is 2.89. The first-order valence-corrected chi connectivity index (χ1v) is 8.11.